The maximum atomic E-state index is 12.4. The Morgan fingerprint density at radius 3 is 1.65 bits per heavy atom. The van der Waals surface area contributed by atoms with E-state index in [0.29, 0.717) is 19.3 Å². The monoisotopic (exact) mass is 300 g/mol. The van der Waals surface area contributed by atoms with Crippen LogP contribution in [0.3, 0.4) is 0 Å². The molecule has 0 amide bonds. The molecule has 118 valence electrons. The van der Waals surface area contributed by atoms with Crippen molar-refractivity contribution in [2.75, 3.05) is 0 Å². The Labute approximate surface area is 134 Å². The highest BCUT2D eigenvalue weighted by molar-refractivity contribution is 6.03. The molecule has 0 rings (SSSR count). The lowest BCUT2D eigenvalue weighted by Gasteiger charge is -2.28. The van der Waals surface area contributed by atoms with E-state index in [-0.39, 0.29) is 23.1 Å². The predicted molar refractivity (Wildman–Crippen MR) is 88.2 cm³/mol. The third kappa shape index (κ3) is 6.91. The minimum Gasteiger partial charge on any atom is -0.480 e. The van der Waals surface area contributed by atoms with Crippen molar-refractivity contribution in [2.24, 2.45) is 5.41 Å². The van der Waals surface area contributed by atoms with Crippen molar-refractivity contribution in [3.63, 3.8) is 0 Å². The van der Waals surface area contributed by atoms with Crippen molar-refractivity contribution < 1.29 is 14.7 Å². The van der Waals surface area contributed by atoms with E-state index in [4.69, 9.17) is 0 Å². The second-order valence-electron chi connectivity index (χ2n) is 5.47. The molecular weight excluding hydrogens is 267 g/mol. The van der Waals surface area contributed by atoms with Crippen LogP contribution in [0.1, 0.15) is 85.0 Å². The highest BCUT2D eigenvalue weighted by Crippen LogP contribution is 2.34. The lowest BCUT2D eigenvalue weighted by atomic mass is 9.73. The summed E-state index contributed by atoms with van der Waals surface area (Å²) < 4.78 is 0. The molecule has 20 heavy (non-hydrogen) atoms. The first-order valence-electron chi connectivity index (χ1n) is 7.81. The molecule has 4 heteroatoms. The van der Waals surface area contributed by atoms with Gasteiger partial charge < -0.3 is 5.11 Å². The van der Waals surface area contributed by atoms with E-state index in [1.807, 2.05) is 13.8 Å². The van der Waals surface area contributed by atoms with E-state index in [2.05, 4.69) is 6.92 Å². The Morgan fingerprint density at radius 2 is 1.30 bits per heavy atom. The molecule has 3 nitrogen and oxygen atoms in total. The van der Waals surface area contributed by atoms with Crippen LogP contribution < -0.4 is 0 Å². The zero-order valence-corrected chi connectivity index (χ0v) is 12.8. The summed E-state index contributed by atoms with van der Waals surface area (Å²) in [7, 11) is 0. The van der Waals surface area contributed by atoms with Gasteiger partial charge in [0.1, 0.15) is 11.2 Å². The molecule has 0 radical (unpaired) electrons. The summed E-state index contributed by atoms with van der Waals surface area (Å²) in [5, 5.41) is 9.58. The van der Waals surface area contributed by atoms with Gasteiger partial charge in [0.2, 0.25) is 0 Å². The van der Waals surface area contributed by atoms with E-state index in [1.165, 1.54) is 0 Å². The fourth-order valence-corrected chi connectivity index (χ4v) is 2.47. The summed E-state index contributed by atoms with van der Waals surface area (Å²) in [4.78, 5) is 24.1. The number of hydrogen-bond acceptors (Lipinski definition) is 2. The number of Topliss-reactive ketones (excluding diaryl/α,β-unsaturated/α-hetero) is 1. The van der Waals surface area contributed by atoms with Gasteiger partial charge in [-0.25, -0.2) is 0 Å². The molecule has 0 atom stereocenters. The van der Waals surface area contributed by atoms with E-state index < -0.39 is 11.4 Å². The number of carbonyl (C=O) groups is 2. The Balaban J connectivity index is 0. The normalized spacial score (nSPS) is 10.9. The van der Waals surface area contributed by atoms with E-state index >= 15 is 0 Å². The SMILES string of the molecule is CCCCCC(=O)C(CCCC)(CCCC)C(=O)O.[AlH3]. The first kappa shape index (κ1) is 22.0. The van der Waals surface area contributed by atoms with Gasteiger partial charge in [0, 0.05) is 6.42 Å². The summed E-state index contributed by atoms with van der Waals surface area (Å²) in [5.41, 5.74) is -1.11. The largest absolute Gasteiger partial charge is 0.480 e. The molecule has 0 aromatic heterocycles. The van der Waals surface area contributed by atoms with Gasteiger partial charge >= 0.3 is 5.97 Å². The average Bonchev–Trinajstić information content (AvgIpc) is 2.39. The molecule has 1 N–H and O–H groups in total. The fraction of sp³-hybridized carbons (Fsp3) is 0.875. The molecule has 0 aromatic rings. The van der Waals surface area contributed by atoms with Crippen LogP contribution in [0.2, 0.25) is 0 Å². The lowest BCUT2D eigenvalue weighted by molar-refractivity contribution is -0.156. The van der Waals surface area contributed by atoms with E-state index in [9.17, 15) is 14.7 Å². The van der Waals surface area contributed by atoms with Crippen molar-refractivity contribution >= 4 is 29.1 Å². The molecule has 0 saturated carbocycles. The maximum Gasteiger partial charge on any atom is 0.317 e. The van der Waals surface area contributed by atoms with Gasteiger partial charge in [0.15, 0.2) is 17.4 Å². The van der Waals surface area contributed by atoms with Gasteiger partial charge in [0.25, 0.3) is 0 Å². The minimum absolute atomic E-state index is 0. The molecule has 0 aliphatic carbocycles. The lowest BCUT2D eigenvalue weighted by Crippen LogP contribution is -2.39. The Kier molecular flexibility index (Phi) is 13.6. The minimum atomic E-state index is -1.11. The molecular formula is C16H33AlO3. The van der Waals surface area contributed by atoms with Gasteiger partial charge in [-0.15, -0.1) is 0 Å². The number of carboxylic acid groups (broad SMARTS) is 1. The van der Waals surface area contributed by atoms with E-state index in [1.54, 1.807) is 0 Å². The third-order valence-electron chi connectivity index (χ3n) is 3.86. The zero-order valence-electron chi connectivity index (χ0n) is 12.8. The topological polar surface area (TPSA) is 54.4 Å². The standard InChI is InChI=1S/C16H30O3.Al.3H/c1-4-7-10-11-14(17)16(15(18)19,12-8-5-2)13-9-6-3;;;;/h4-13H2,1-3H3,(H,18,19);;;;. The number of ketones is 1. The van der Waals surface area contributed by atoms with Crippen molar-refractivity contribution in [1.82, 2.24) is 0 Å². The van der Waals surface area contributed by atoms with Crippen molar-refractivity contribution in [1.29, 1.82) is 0 Å². The number of carboxylic acids is 1. The van der Waals surface area contributed by atoms with Crippen molar-refractivity contribution in [3.8, 4) is 0 Å². The molecule has 0 saturated heterocycles. The Bertz CT molecular complexity index is 269. The van der Waals surface area contributed by atoms with Crippen LogP contribution in [0.4, 0.5) is 0 Å². The van der Waals surface area contributed by atoms with Crippen molar-refractivity contribution in [3.05, 3.63) is 0 Å². The van der Waals surface area contributed by atoms with Crippen LogP contribution in [0.5, 0.6) is 0 Å². The van der Waals surface area contributed by atoms with Gasteiger partial charge in [-0.3, -0.25) is 9.59 Å². The second kappa shape index (κ2) is 12.4. The van der Waals surface area contributed by atoms with Crippen molar-refractivity contribution in [2.45, 2.75) is 85.0 Å². The number of rotatable bonds is 12. The fourth-order valence-electron chi connectivity index (χ4n) is 2.47. The highest BCUT2D eigenvalue weighted by atomic mass is 27.0. The number of unbranched alkanes of at least 4 members (excludes halogenated alkanes) is 4. The quantitative estimate of drug-likeness (QED) is 0.341. The summed E-state index contributed by atoms with van der Waals surface area (Å²) in [5.74, 6) is -0.953. The second-order valence-corrected chi connectivity index (χ2v) is 5.47. The first-order chi connectivity index (χ1) is 9.05. The summed E-state index contributed by atoms with van der Waals surface area (Å²) in [6, 6.07) is 0. The van der Waals surface area contributed by atoms with Gasteiger partial charge in [-0.05, 0) is 19.3 Å². The molecule has 0 aromatic carbocycles. The van der Waals surface area contributed by atoms with Crippen LogP contribution in [-0.2, 0) is 9.59 Å². The Morgan fingerprint density at radius 1 is 0.850 bits per heavy atom. The van der Waals surface area contributed by atoms with Crippen LogP contribution in [-0.4, -0.2) is 34.2 Å². The van der Waals surface area contributed by atoms with Crippen LogP contribution in [0.15, 0.2) is 0 Å². The summed E-state index contributed by atoms with van der Waals surface area (Å²) in [6.07, 6.45) is 7.81. The van der Waals surface area contributed by atoms with Gasteiger partial charge in [-0.1, -0.05) is 59.3 Å². The van der Waals surface area contributed by atoms with E-state index in [0.717, 1.165) is 44.9 Å². The highest BCUT2D eigenvalue weighted by Gasteiger charge is 2.43. The molecule has 0 heterocycles. The predicted octanol–water partition coefficient (Wildman–Crippen LogP) is 3.40. The molecule has 0 unspecified atom stereocenters. The first-order valence-corrected chi connectivity index (χ1v) is 7.81. The summed E-state index contributed by atoms with van der Waals surface area (Å²) in [6.45, 7) is 6.16. The smallest absolute Gasteiger partial charge is 0.317 e. The van der Waals surface area contributed by atoms with Crippen LogP contribution in [0.25, 0.3) is 0 Å². The van der Waals surface area contributed by atoms with Gasteiger partial charge in [0.05, 0.1) is 0 Å². The zero-order chi connectivity index (χ0) is 14.7. The number of hydrogen-bond donors (Lipinski definition) is 1. The van der Waals surface area contributed by atoms with Crippen LogP contribution >= 0.6 is 0 Å². The van der Waals surface area contributed by atoms with Gasteiger partial charge in [-0.2, -0.15) is 0 Å². The molecule has 0 aliphatic heterocycles. The molecule has 0 aliphatic rings. The number of aliphatic carboxylic acids is 1. The maximum absolute atomic E-state index is 12.4. The molecule has 0 bridgehead atoms. The number of carbonyl (C=O) groups excluding carboxylic acids is 1. The summed E-state index contributed by atoms with van der Waals surface area (Å²) >= 11 is 0. The average molecular weight is 300 g/mol. The molecule has 0 spiro atoms. The third-order valence-corrected chi connectivity index (χ3v) is 3.86. The van der Waals surface area contributed by atoms with Crippen LogP contribution in [0, 0.1) is 5.41 Å². The Hall–Kier alpha value is -0.328. The molecule has 0 fully saturated rings.